The van der Waals surface area contributed by atoms with Crippen LogP contribution in [0.5, 0.6) is 0 Å². The smallest absolute Gasteiger partial charge is 0.114 e. The van der Waals surface area contributed by atoms with Gasteiger partial charge in [-0.05, 0) is 25.7 Å². The second-order valence-electron chi connectivity index (χ2n) is 7.33. The quantitative estimate of drug-likeness (QED) is 0.286. The summed E-state index contributed by atoms with van der Waals surface area (Å²) in [5, 5.41) is 28.6. The molecule has 1 heterocycles. The molecule has 0 saturated carbocycles. The Hall–Kier alpha value is -0.460. The van der Waals surface area contributed by atoms with Crippen molar-refractivity contribution in [1.82, 2.24) is 0 Å². The Kier molecular flexibility index (Phi) is 14.1. The van der Waals surface area contributed by atoms with E-state index >= 15 is 0 Å². The van der Waals surface area contributed by atoms with E-state index in [-0.39, 0.29) is 13.2 Å². The molecule has 5 heteroatoms. The van der Waals surface area contributed by atoms with E-state index in [0.29, 0.717) is 6.61 Å². The average Bonchev–Trinajstić information content (AvgIpc) is 3.02. The fourth-order valence-corrected chi connectivity index (χ4v) is 3.28. The predicted molar refractivity (Wildman–Crippen MR) is 104 cm³/mol. The van der Waals surface area contributed by atoms with E-state index in [1.54, 1.807) is 0 Å². The lowest BCUT2D eigenvalue weighted by Gasteiger charge is -2.23. The van der Waals surface area contributed by atoms with Gasteiger partial charge in [0.25, 0.3) is 0 Å². The van der Waals surface area contributed by atoms with Gasteiger partial charge >= 0.3 is 0 Å². The third kappa shape index (κ3) is 10.0. The number of aliphatic hydroxyl groups excluding tert-OH is 3. The first kappa shape index (κ1) is 23.6. The molecule has 0 amide bonds. The first-order valence-corrected chi connectivity index (χ1v) is 10.6. The highest BCUT2D eigenvalue weighted by atomic mass is 16.6. The normalized spacial score (nSPS) is 24.5. The van der Waals surface area contributed by atoms with Crippen LogP contribution in [0.3, 0.4) is 0 Å². The summed E-state index contributed by atoms with van der Waals surface area (Å²) < 4.78 is 11.0. The number of allylic oxidation sites excluding steroid dienone is 2. The lowest BCUT2D eigenvalue weighted by molar-refractivity contribution is -0.0938. The molecule has 0 spiro atoms. The van der Waals surface area contributed by atoms with E-state index in [1.165, 1.54) is 57.8 Å². The Balaban J connectivity index is 1.92. The molecule has 154 valence electrons. The van der Waals surface area contributed by atoms with Crippen LogP contribution in [0, 0.1) is 0 Å². The van der Waals surface area contributed by atoms with Gasteiger partial charge < -0.3 is 24.8 Å². The van der Waals surface area contributed by atoms with Crippen molar-refractivity contribution in [3.8, 4) is 0 Å². The first-order chi connectivity index (χ1) is 12.7. The van der Waals surface area contributed by atoms with Crippen LogP contribution < -0.4 is 0 Å². The van der Waals surface area contributed by atoms with Crippen LogP contribution in [0.25, 0.3) is 0 Å². The largest absolute Gasteiger partial charge is 0.394 e. The molecule has 0 aliphatic carbocycles. The first-order valence-electron chi connectivity index (χ1n) is 10.6. The summed E-state index contributed by atoms with van der Waals surface area (Å²) in [4.78, 5) is 0. The zero-order chi connectivity index (χ0) is 19.0. The molecule has 0 aromatic heterocycles. The van der Waals surface area contributed by atoms with Gasteiger partial charge in [-0.15, -0.1) is 0 Å². The zero-order valence-corrected chi connectivity index (χ0v) is 16.5. The van der Waals surface area contributed by atoms with Crippen molar-refractivity contribution in [3.05, 3.63) is 12.2 Å². The van der Waals surface area contributed by atoms with Gasteiger partial charge in [-0.2, -0.15) is 0 Å². The summed E-state index contributed by atoms with van der Waals surface area (Å²) in [6, 6.07) is 0. The number of unbranched alkanes of at least 4 members (excludes halogenated alkanes) is 9. The molecule has 1 fully saturated rings. The predicted octanol–water partition coefficient (Wildman–Crippen LogP) is 3.35. The van der Waals surface area contributed by atoms with Gasteiger partial charge in [0.15, 0.2) is 0 Å². The number of hydrogen-bond donors (Lipinski definition) is 3. The fraction of sp³-hybridized carbons (Fsp3) is 0.905. The van der Waals surface area contributed by atoms with Crippen molar-refractivity contribution in [1.29, 1.82) is 0 Å². The molecule has 26 heavy (non-hydrogen) atoms. The molecule has 1 aliphatic rings. The highest BCUT2D eigenvalue weighted by molar-refractivity contribution is 4.89. The van der Waals surface area contributed by atoms with E-state index in [4.69, 9.17) is 14.6 Å². The Morgan fingerprint density at radius 2 is 1.62 bits per heavy atom. The molecule has 0 bridgehead atoms. The second-order valence-corrected chi connectivity index (χ2v) is 7.33. The van der Waals surface area contributed by atoms with Gasteiger partial charge in [-0.1, -0.05) is 64.0 Å². The summed E-state index contributed by atoms with van der Waals surface area (Å²) in [6.45, 7) is 2.55. The summed E-state index contributed by atoms with van der Waals surface area (Å²) in [6.07, 6.45) is 15.2. The van der Waals surface area contributed by atoms with Gasteiger partial charge in [0.2, 0.25) is 0 Å². The SMILES string of the molecule is CCCC/C=C/CCCCCCCCCO[C@@H]1[C@H]([C@H](O)CO)OC[C@@H]1O. The summed E-state index contributed by atoms with van der Waals surface area (Å²) in [5.41, 5.74) is 0. The molecule has 1 saturated heterocycles. The van der Waals surface area contributed by atoms with E-state index in [2.05, 4.69) is 19.1 Å². The third-order valence-electron chi connectivity index (χ3n) is 4.95. The molecule has 0 radical (unpaired) electrons. The van der Waals surface area contributed by atoms with Crippen LogP contribution in [0.15, 0.2) is 12.2 Å². The van der Waals surface area contributed by atoms with Gasteiger partial charge in [-0.25, -0.2) is 0 Å². The molecule has 5 nitrogen and oxygen atoms in total. The standard InChI is InChI=1S/C21H40O5/c1-2-3-4-5-6-7-8-9-10-11-12-13-14-15-25-21-19(24)17-26-20(21)18(23)16-22/h5-6,18-24H,2-4,7-17H2,1H3/b6-5+/t18-,19+,20+,21+/m1/s1. The van der Waals surface area contributed by atoms with Crippen LogP contribution >= 0.6 is 0 Å². The van der Waals surface area contributed by atoms with E-state index in [9.17, 15) is 10.2 Å². The van der Waals surface area contributed by atoms with Gasteiger partial charge in [-0.3, -0.25) is 0 Å². The second kappa shape index (κ2) is 15.6. The lowest BCUT2D eigenvalue weighted by atomic mass is 10.1. The number of aliphatic hydroxyl groups is 3. The zero-order valence-electron chi connectivity index (χ0n) is 16.5. The number of ether oxygens (including phenoxy) is 2. The number of hydrogen-bond acceptors (Lipinski definition) is 5. The average molecular weight is 373 g/mol. The fourth-order valence-electron chi connectivity index (χ4n) is 3.28. The minimum Gasteiger partial charge on any atom is -0.394 e. The maximum atomic E-state index is 9.86. The summed E-state index contributed by atoms with van der Waals surface area (Å²) in [5.74, 6) is 0. The van der Waals surface area contributed by atoms with Crippen LogP contribution in [-0.4, -0.2) is 59.6 Å². The number of rotatable bonds is 16. The summed E-state index contributed by atoms with van der Waals surface area (Å²) in [7, 11) is 0. The molecule has 3 N–H and O–H groups in total. The highest BCUT2D eigenvalue weighted by Crippen LogP contribution is 2.21. The highest BCUT2D eigenvalue weighted by Gasteiger charge is 2.40. The molecular weight excluding hydrogens is 332 g/mol. The van der Waals surface area contributed by atoms with Gasteiger partial charge in [0.05, 0.1) is 13.2 Å². The van der Waals surface area contributed by atoms with Crippen LogP contribution in [0.1, 0.15) is 77.6 Å². The Morgan fingerprint density at radius 1 is 1.00 bits per heavy atom. The minimum atomic E-state index is -1.00. The van der Waals surface area contributed by atoms with Crippen LogP contribution in [0.2, 0.25) is 0 Å². The molecule has 1 aliphatic heterocycles. The van der Waals surface area contributed by atoms with Crippen molar-refractivity contribution in [2.24, 2.45) is 0 Å². The van der Waals surface area contributed by atoms with Crippen LogP contribution in [0.4, 0.5) is 0 Å². The van der Waals surface area contributed by atoms with Crippen molar-refractivity contribution in [2.45, 2.75) is 102 Å². The van der Waals surface area contributed by atoms with Crippen molar-refractivity contribution in [3.63, 3.8) is 0 Å². The molecule has 0 unspecified atom stereocenters. The maximum Gasteiger partial charge on any atom is 0.114 e. The lowest BCUT2D eigenvalue weighted by Crippen LogP contribution is -2.42. The third-order valence-corrected chi connectivity index (χ3v) is 4.95. The molecule has 4 atom stereocenters. The van der Waals surface area contributed by atoms with E-state index < -0.39 is 24.4 Å². The minimum absolute atomic E-state index is 0.153. The van der Waals surface area contributed by atoms with Gasteiger partial charge in [0, 0.05) is 6.61 Å². The monoisotopic (exact) mass is 372 g/mol. The van der Waals surface area contributed by atoms with Crippen molar-refractivity contribution >= 4 is 0 Å². The Labute approximate surface area is 159 Å². The van der Waals surface area contributed by atoms with E-state index in [0.717, 1.165) is 12.8 Å². The van der Waals surface area contributed by atoms with Crippen LogP contribution in [-0.2, 0) is 9.47 Å². The summed E-state index contributed by atoms with van der Waals surface area (Å²) >= 11 is 0. The van der Waals surface area contributed by atoms with Gasteiger partial charge in [0.1, 0.15) is 24.4 Å². The maximum absolute atomic E-state index is 9.86. The van der Waals surface area contributed by atoms with E-state index in [1.807, 2.05) is 0 Å². The Bertz CT molecular complexity index is 347. The molecule has 0 aromatic rings. The topological polar surface area (TPSA) is 79.2 Å². The molecular formula is C21H40O5. The van der Waals surface area contributed by atoms with Crippen molar-refractivity contribution < 1.29 is 24.8 Å². The van der Waals surface area contributed by atoms with Crippen molar-refractivity contribution in [2.75, 3.05) is 19.8 Å². The molecule has 1 rings (SSSR count). The molecule has 0 aromatic carbocycles. The Morgan fingerprint density at radius 3 is 2.27 bits per heavy atom.